The summed E-state index contributed by atoms with van der Waals surface area (Å²) >= 11 is 6.18. The molecule has 0 radical (unpaired) electrons. The smallest absolute Gasteiger partial charge is 0.211 e. The number of carbonyl (C=O) groups is 1. The van der Waals surface area contributed by atoms with Crippen molar-refractivity contribution < 1.29 is 18.7 Å². The highest BCUT2D eigenvalue weighted by molar-refractivity contribution is 6.31. The van der Waals surface area contributed by atoms with Gasteiger partial charge >= 0.3 is 0 Å². The van der Waals surface area contributed by atoms with Gasteiger partial charge in [0.1, 0.15) is 23.9 Å². The van der Waals surface area contributed by atoms with Gasteiger partial charge in [-0.2, -0.15) is 0 Å². The number of nitrogens with one attached hydrogen (secondary N) is 2. The Balaban J connectivity index is 2.23. The topological polar surface area (TPSA) is 88.6 Å². The number of aryl methyl sites for hydroxylation is 1. The molecular weight excluding hydrogens is 485 g/mol. The molecule has 36 heavy (non-hydrogen) atoms. The van der Waals surface area contributed by atoms with E-state index in [1.54, 1.807) is 37.1 Å². The van der Waals surface area contributed by atoms with E-state index in [-0.39, 0.29) is 16.8 Å². The molecule has 1 amide bonds. The molecule has 3 rings (SSSR count). The predicted octanol–water partition coefficient (Wildman–Crippen LogP) is 5.40. The number of benzene rings is 2. The summed E-state index contributed by atoms with van der Waals surface area (Å²) in [7, 11) is 5.06. The van der Waals surface area contributed by atoms with Crippen LogP contribution in [-0.4, -0.2) is 50.2 Å². The second-order valence-electron chi connectivity index (χ2n) is 8.22. The van der Waals surface area contributed by atoms with E-state index >= 15 is 4.39 Å². The fourth-order valence-electron chi connectivity index (χ4n) is 3.93. The van der Waals surface area contributed by atoms with Crippen LogP contribution in [0.25, 0.3) is 10.9 Å². The van der Waals surface area contributed by atoms with E-state index in [1.807, 2.05) is 13.1 Å². The van der Waals surface area contributed by atoms with Crippen LogP contribution in [0.1, 0.15) is 24.8 Å². The molecule has 2 aromatic carbocycles. The maximum atomic E-state index is 15.1. The fraction of sp³-hybridized carbons (Fsp3) is 0.346. The summed E-state index contributed by atoms with van der Waals surface area (Å²) in [6.45, 7) is 6.27. The number of ether oxygens (including phenoxy) is 2. The summed E-state index contributed by atoms with van der Waals surface area (Å²) in [5.74, 6) is 0.525. The zero-order valence-electron chi connectivity index (χ0n) is 20.9. The van der Waals surface area contributed by atoms with E-state index in [0.29, 0.717) is 45.9 Å². The van der Waals surface area contributed by atoms with Crippen molar-refractivity contribution >= 4 is 46.1 Å². The molecule has 1 unspecified atom stereocenters. The predicted molar refractivity (Wildman–Crippen MR) is 142 cm³/mol. The fourth-order valence-corrected chi connectivity index (χ4v) is 4.09. The highest BCUT2D eigenvalue weighted by Gasteiger charge is 2.25. The van der Waals surface area contributed by atoms with Gasteiger partial charge in [0.05, 0.1) is 28.7 Å². The Morgan fingerprint density at radius 1 is 1.31 bits per heavy atom. The van der Waals surface area contributed by atoms with Gasteiger partial charge in [0.15, 0.2) is 17.3 Å². The molecule has 0 saturated carbocycles. The van der Waals surface area contributed by atoms with Crippen LogP contribution in [0.5, 0.6) is 11.5 Å². The third kappa shape index (κ3) is 5.68. The number of allylic oxidation sites excluding steroid dienone is 1. The Bertz CT molecular complexity index is 1240. The average Bonchev–Trinajstić information content (AvgIpc) is 2.89. The number of aromatic nitrogens is 2. The first-order valence-corrected chi connectivity index (χ1v) is 11.9. The van der Waals surface area contributed by atoms with Gasteiger partial charge in [-0.1, -0.05) is 23.7 Å². The van der Waals surface area contributed by atoms with Gasteiger partial charge in [-0.05, 0) is 51.4 Å². The minimum atomic E-state index is -0.572. The maximum Gasteiger partial charge on any atom is 0.211 e. The summed E-state index contributed by atoms with van der Waals surface area (Å²) in [6, 6.07) is 5.07. The summed E-state index contributed by atoms with van der Waals surface area (Å²) in [5, 5.41) is 6.38. The van der Waals surface area contributed by atoms with Crippen molar-refractivity contribution in [3.63, 3.8) is 0 Å². The van der Waals surface area contributed by atoms with Crippen LogP contribution in [-0.2, 0) is 4.79 Å². The highest BCUT2D eigenvalue weighted by Crippen LogP contribution is 2.46. The Kier molecular flexibility index (Phi) is 9.44. The standard InChI is InChI=1S/C26H31ClFN5O3/c1-6-7-8-17(11-12-29-3)36-25-20(35-5)13-18-21(24(25)32-15-34)26(31-14-30-18)33(4)19-10-9-16(2)22(27)23(19)28/h6,9-10,13-15,17,29H,1,7-8,11-12H2,2-5H3,(H,32,34). The number of halogens is 2. The Hall–Kier alpha value is -3.43. The summed E-state index contributed by atoms with van der Waals surface area (Å²) in [4.78, 5) is 22.1. The van der Waals surface area contributed by atoms with Gasteiger partial charge in [-0.3, -0.25) is 4.79 Å². The first-order valence-electron chi connectivity index (χ1n) is 11.5. The third-order valence-electron chi connectivity index (χ3n) is 5.88. The molecule has 0 aliphatic heterocycles. The van der Waals surface area contributed by atoms with Crippen molar-refractivity contribution in [2.75, 3.05) is 38.0 Å². The molecular formula is C26H31ClFN5O3. The van der Waals surface area contributed by atoms with Crippen LogP contribution in [0.3, 0.4) is 0 Å². The van der Waals surface area contributed by atoms with Crippen molar-refractivity contribution in [1.29, 1.82) is 0 Å². The molecule has 192 valence electrons. The number of fused-ring (bicyclic) bond motifs is 1. The summed E-state index contributed by atoms with van der Waals surface area (Å²) in [6.07, 6.45) is 5.76. The number of nitrogens with zero attached hydrogens (tertiary/aromatic N) is 3. The lowest BCUT2D eigenvalue weighted by molar-refractivity contribution is -0.105. The minimum absolute atomic E-state index is 0.0317. The highest BCUT2D eigenvalue weighted by atomic mass is 35.5. The van der Waals surface area contributed by atoms with Gasteiger partial charge in [0.25, 0.3) is 0 Å². The van der Waals surface area contributed by atoms with Crippen LogP contribution >= 0.6 is 11.6 Å². The molecule has 0 spiro atoms. The van der Waals surface area contributed by atoms with Gasteiger partial charge in [0, 0.05) is 13.1 Å². The lowest BCUT2D eigenvalue weighted by Gasteiger charge is -2.25. The first kappa shape index (κ1) is 27.2. The molecule has 0 aliphatic rings. The molecule has 0 fully saturated rings. The normalized spacial score (nSPS) is 11.7. The number of carbonyl (C=O) groups excluding carboxylic acids is 1. The molecule has 1 heterocycles. The van der Waals surface area contributed by atoms with E-state index in [4.69, 9.17) is 21.1 Å². The molecule has 0 bridgehead atoms. The second kappa shape index (κ2) is 12.5. The van der Waals surface area contributed by atoms with Crippen molar-refractivity contribution in [2.45, 2.75) is 32.3 Å². The molecule has 1 aromatic heterocycles. The van der Waals surface area contributed by atoms with E-state index in [2.05, 4.69) is 27.2 Å². The van der Waals surface area contributed by atoms with Crippen molar-refractivity contribution in [2.24, 2.45) is 0 Å². The van der Waals surface area contributed by atoms with Crippen molar-refractivity contribution in [1.82, 2.24) is 15.3 Å². The molecule has 3 aromatic rings. The lowest BCUT2D eigenvalue weighted by atomic mass is 10.1. The number of methoxy groups -OCH3 is 1. The Labute approximate surface area is 215 Å². The minimum Gasteiger partial charge on any atom is -0.493 e. The van der Waals surface area contributed by atoms with Gasteiger partial charge in [-0.15, -0.1) is 6.58 Å². The van der Waals surface area contributed by atoms with Crippen LogP contribution in [0.2, 0.25) is 5.02 Å². The van der Waals surface area contributed by atoms with Gasteiger partial charge in [-0.25, -0.2) is 14.4 Å². The Morgan fingerprint density at radius 3 is 2.75 bits per heavy atom. The molecule has 1 atom stereocenters. The number of rotatable bonds is 13. The van der Waals surface area contributed by atoms with Crippen molar-refractivity contribution in [3.05, 3.63) is 53.6 Å². The van der Waals surface area contributed by atoms with Gasteiger partial charge < -0.3 is 25.0 Å². The second-order valence-corrected chi connectivity index (χ2v) is 8.60. The molecule has 8 nitrogen and oxygen atoms in total. The van der Waals surface area contributed by atoms with Gasteiger partial charge in [0.2, 0.25) is 6.41 Å². The molecule has 0 saturated heterocycles. The summed E-state index contributed by atoms with van der Waals surface area (Å²) in [5.41, 5.74) is 1.65. The van der Waals surface area contributed by atoms with E-state index < -0.39 is 5.82 Å². The van der Waals surface area contributed by atoms with Crippen LogP contribution in [0.4, 0.5) is 21.6 Å². The number of hydrogen-bond donors (Lipinski definition) is 2. The van der Waals surface area contributed by atoms with E-state index in [1.165, 1.54) is 13.4 Å². The lowest BCUT2D eigenvalue weighted by Crippen LogP contribution is -2.23. The average molecular weight is 516 g/mol. The van der Waals surface area contributed by atoms with Crippen LogP contribution < -0.4 is 25.0 Å². The Morgan fingerprint density at radius 2 is 2.08 bits per heavy atom. The van der Waals surface area contributed by atoms with Crippen molar-refractivity contribution in [3.8, 4) is 11.5 Å². The monoisotopic (exact) mass is 515 g/mol. The zero-order chi connectivity index (χ0) is 26.2. The number of anilines is 3. The SMILES string of the molecule is C=CCCC(CCNC)Oc1c(OC)cc2ncnc(N(C)c3ccc(C)c(Cl)c3F)c2c1NC=O. The quantitative estimate of drug-likeness (QED) is 0.233. The number of amides is 1. The summed E-state index contributed by atoms with van der Waals surface area (Å²) < 4.78 is 27.1. The molecule has 2 N–H and O–H groups in total. The number of hydrogen-bond acceptors (Lipinski definition) is 7. The van der Waals surface area contributed by atoms with E-state index in [0.717, 1.165) is 25.8 Å². The third-order valence-corrected chi connectivity index (χ3v) is 6.34. The van der Waals surface area contributed by atoms with E-state index in [9.17, 15) is 4.79 Å². The maximum absolute atomic E-state index is 15.1. The zero-order valence-corrected chi connectivity index (χ0v) is 21.7. The molecule has 0 aliphatic carbocycles. The molecule has 10 heteroatoms. The van der Waals surface area contributed by atoms with Crippen LogP contribution in [0, 0.1) is 12.7 Å². The largest absolute Gasteiger partial charge is 0.493 e. The first-order chi connectivity index (χ1) is 17.4. The van der Waals surface area contributed by atoms with Crippen LogP contribution in [0.15, 0.2) is 37.2 Å².